The standard InChI is InChI=1S/C24H25F5N6O3/c1-13-20(17-7-6-16(37-4)10-30-17)21(33-34(13)3)22(36)35-12-23(25,26)38-14(2)18(35)11-32-19-8-5-15(9-31-19)24(27,28)29/h5-10,14,18H,11-12H2,1-4H3,(H,31,32)/t14-,18+/m0/s1. The molecule has 9 nitrogen and oxygen atoms in total. The Kier molecular flexibility index (Phi) is 7.28. The van der Waals surface area contributed by atoms with E-state index in [9.17, 15) is 26.7 Å². The van der Waals surface area contributed by atoms with Crippen LogP contribution in [0, 0.1) is 6.92 Å². The molecule has 0 bridgehead atoms. The van der Waals surface area contributed by atoms with Gasteiger partial charge in [0, 0.05) is 25.5 Å². The van der Waals surface area contributed by atoms with Crippen LogP contribution in [0.5, 0.6) is 5.75 Å². The van der Waals surface area contributed by atoms with E-state index >= 15 is 0 Å². The van der Waals surface area contributed by atoms with Crippen molar-refractivity contribution in [3.8, 4) is 17.0 Å². The average molecular weight is 540 g/mol. The summed E-state index contributed by atoms with van der Waals surface area (Å²) in [5.74, 6) is -0.206. The topological polar surface area (TPSA) is 94.4 Å². The first-order valence-corrected chi connectivity index (χ1v) is 11.5. The second-order valence-electron chi connectivity index (χ2n) is 8.79. The van der Waals surface area contributed by atoms with Gasteiger partial charge < -0.3 is 19.7 Å². The third-order valence-corrected chi connectivity index (χ3v) is 6.26. The molecular formula is C24H25F5N6O3. The van der Waals surface area contributed by atoms with Crippen molar-refractivity contribution in [2.24, 2.45) is 7.05 Å². The number of carbonyl (C=O) groups is 1. The first-order valence-electron chi connectivity index (χ1n) is 11.5. The molecule has 14 heteroatoms. The minimum absolute atomic E-state index is 0.0757. The predicted molar refractivity (Wildman–Crippen MR) is 126 cm³/mol. The van der Waals surface area contributed by atoms with Crippen LogP contribution < -0.4 is 10.1 Å². The number of aryl methyl sites for hydroxylation is 1. The third-order valence-electron chi connectivity index (χ3n) is 6.26. The van der Waals surface area contributed by atoms with Gasteiger partial charge in [0.25, 0.3) is 5.91 Å². The number of carbonyl (C=O) groups excluding carboxylic acids is 1. The van der Waals surface area contributed by atoms with Gasteiger partial charge in [-0.3, -0.25) is 14.5 Å². The highest BCUT2D eigenvalue weighted by atomic mass is 19.4. The molecule has 0 saturated carbocycles. The van der Waals surface area contributed by atoms with Gasteiger partial charge in [-0.25, -0.2) is 4.98 Å². The number of methoxy groups -OCH3 is 1. The molecule has 0 aromatic carbocycles. The number of anilines is 1. The minimum atomic E-state index is -4.55. The third kappa shape index (κ3) is 5.54. The zero-order chi connectivity index (χ0) is 27.8. The van der Waals surface area contributed by atoms with Gasteiger partial charge in [-0.1, -0.05) is 0 Å². The van der Waals surface area contributed by atoms with Crippen LogP contribution >= 0.6 is 0 Å². The van der Waals surface area contributed by atoms with Crippen molar-refractivity contribution in [1.29, 1.82) is 0 Å². The van der Waals surface area contributed by atoms with Crippen molar-refractivity contribution in [3.63, 3.8) is 0 Å². The summed E-state index contributed by atoms with van der Waals surface area (Å²) >= 11 is 0. The van der Waals surface area contributed by atoms with Gasteiger partial charge in [0.2, 0.25) is 0 Å². The lowest BCUT2D eigenvalue weighted by Gasteiger charge is -2.43. The van der Waals surface area contributed by atoms with E-state index in [4.69, 9.17) is 9.47 Å². The summed E-state index contributed by atoms with van der Waals surface area (Å²) in [5.41, 5.74) is 0.349. The lowest BCUT2D eigenvalue weighted by Crippen LogP contribution is -2.61. The lowest BCUT2D eigenvalue weighted by atomic mass is 10.0. The molecule has 0 radical (unpaired) electrons. The van der Waals surface area contributed by atoms with Crippen LogP contribution in [0.25, 0.3) is 11.3 Å². The van der Waals surface area contributed by atoms with Gasteiger partial charge in [-0.15, -0.1) is 0 Å². The monoisotopic (exact) mass is 540 g/mol. The van der Waals surface area contributed by atoms with Crippen molar-refractivity contribution >= 4 is 11.7 Å². The molecule has 1 aliphatic heterocycles. The average Bonchev–Trinajstić information content (AvgIpc) is 3.16. The van der Waals surface area contributed by atoms with E-state index < -0.39 is 42.4 Å². The van der Waals surface area contributed by atoms with E-state index in [1.807, 2.05) is 0 Å². The highest BCUT2D eigenvalue weighted by Gasteiger charge is 2.48. The van der Waals surface area contributed by atoms with Crippen LogP contribution in [-0.4, -0.2) is 69.0 Å². The number of pyridine rings is 2. The number of nitrogens with one attached hydrogen (secondary N) is 1. The molecule has 4 heterocycles. The molecule has 1 N–H and O–H groups in total. The highest BCUT2D eigenvalue weighted by Crippen LogP contribution is 2.33. The molecule has 1 fully saturated rings. The number of hydrogen-bond donors (Lipinski definition) is 1. The maximum Gasteiger partial charge on any atom is 0.417 e. The Morgan fingerprint density at radius 2 is 1.95 bits per heavy atom. The number of hydrogen-bond acceptors (Lipinski definition) is 7. The Morgan fingerprint density at radius 3 is 2.53 bits per heavy atom. The fourth-order valence-corrected chi connectivity index (χ4v) is 4.18. The number of alkyl halides is 5. The van der Waals surface area contributed by atoms with Gasteiger partial charge in [-0.2, -0.15) is 27.1 Å². The first-order chi connectivity index (χ1) is 17.8. The molecule has 204 valence electrons. The van der Waals surface area contributed by atoms with Crippen molar-refractivity contribution < 1.29 is 36.2 Å². The van der Waals surface area contributed by atoms with Crippen molar-refractivity contribution in [2.75, 3.05) is 25.5 Å². The molecule has 0 unspecified atom stereocenters. The smallest absolute Gasteiger partial charge is 0.417 e. The fraction of sp³-hybridized carbons (Fsp3) is 0.417. The number of aromatic nitrogens is 4. The normalized spacial score (nSPS) is 19.3. The number of halogens is 5. The Labute approximate surface area is 214 Å². The van der Waals surface area contributed by atoms with Crippen LogP contribution in [0.3, 0.4) is 0 Å². The summed E-state index contributed by atoms with van der Waals surface area (Å²) in [5, 5.41) is 7.11. The molecular weight excluding hydrogens is 515 g/mol. The Bertz CT molecular complexity index is 1290. The number of rotatable bonds is 6. The predicted octanol–water partition coefficient (Wildman–Crippen LogP) is 4.15. The molecule has 1 saturated heterocycles. The zero-order valence-electron chi connectivity index (χ0n) is 20.9. The number of morpholine rings is 1. The molecule has 1 amide bonds. The highest BCUT2D eigenvalue weighted by molar-refractivity contribution is 5.99. The maximum atomic E-state index is 14.5. The molecule has 38 heavy (non-hydrogen) atoms. The summed E-state index contributed by atoms with van der Waals surface area (Å²) in [6.45, 7) is 1.93. The van der Waals surface area contributed by atoms with Gasteiger partial charge in [0.15, 0.2) is 5.69 Å². The van der Waals surface area contributed by atoms with E-state index in [0.717, 1.165) is 17.0 Å². The lowest BCUT2D eigenvalue weighted by molar-refractivity contribution is -0.298. The van der Waals surface area contributed by atoms with Crippen LogP contribution in [-0.2, 0) is 18.0 Å². The van der Waals surface area contributed by atoms with Crippen LogP contribution in [0.15, 0.2) is 36.7 Å². The Morgan fingerprint density at radius 1 is 1.21 bits per heavy atom. The van der Waals surface area contributed by atoms with E-state index in [1.165, 1.54) is 24.9 Å². The molecule has 4 rings (SSSR count). The summed E-state index contributed by atoms with van der Waals surface area (Å²) in [6.07, 6.45) is -7.18. The molecule has 1 aliphatic rings. The maximum absolute atomic E-state index is 14.5. The van der Waals surface area contributed by atoms with E-state index in [-0.39, 0.29) is 18.1 Å². The molecule has 2 atom stereocenters. The van der Waals surface area contributed by atoms with Gasteiger partial charge >= 0.3 is 12.3 Å². The van der Waals surface area contributed by atoms with E-state index in [1.54, 1.807) is 26.1 Å². The van der Waals surface area contributed by atoms with Crippen molar-refractivity contribution in [3.05, 3.63) is 53.6 Å². The molecule has 0 aliphatic carbocycles. The second kappa shape index (κ2) is 10.2. The number of amides is 1. The SMILES string of the molecule is COc1ccc(-c2c(C(=O)N3CC(F)(F)O[C@@H](C)[C@H]3CNc3ccc(C(F)(F)F)cn3)nn(C)c2C)nc1. The number of nitrogens with zero attached hydrogens (tertiary/aromatic N) is 5. The largest absolute Gasteiger partial charge is 0.495 e. The van der Waals surface area contributed by atoms with Crippen molar-refractivity contribution in [1.82, 2.24) is 24.6 Å². The van der Waals surface area contributed by atoms with Crippen molar-refractivity contribution in [2.45, 2.75) is 38.3 Å². The van der Waals surface area contributed by atoms with Gasteiger partial charge in [0.05, 0.1) is 42.3 Å². The van der Waals surface area contributed by atoms with E-state index in [0.29, 0.717) is 28.9 Å². The van der Waals surface area contributed by atoms with E-state index in [2.05, 4.69) is 20.4 Å². The van der Waals surface area contributed by atoms with Gasteiger partial charge in [-0.05, 0) is 38.1 Å². The van der Waals surface area contributed by atoms with Gasteiger partial charge in [0.1, 0.15) is 18.1 Å². The molecule has 0 spiro atoms. The summed E-state index contributed by atoms with van der Waals surface area (Å²) in [6, 6.07) is 4.32. The zero-order valence-corrected chi connectivity index (χ0v) is 20.9. The molecule has 3 aromatic heterocycles. The summed E-state index contributed by atoms with van der Waals surface area (Å²) < 4.78 is 78.8. The van der Waals surface area contributed by atoms with Crippen LogP contribution in [0.4, 0.5) is 27.8 Å². The number of ether oxygens (including phenoxy) is 2. The summed E-state index contributed by atoms with van der Waals surface area (Å²) in [7, 11) is 3.10. The summed E-state index contributed by atoms with van der Waals surface area (Å²) in [4.78, 5) is 22.8. The molecule has 3 aromatic rings. The Balaban J connectivity index is 1.64. The quantitative estimate of drug-likeness (QED) is 0.470. The van der Waals surface area contributed by atoms with Crippen LogP contribution in [0.1, 0.15) is 28.7 Å². The fourth-order valence-electron chi connectivity index (χ4n) is 4.18. The second-order valence-corrected chi connectivity index (χ2v) is 8.79. The van der Waals surface area contributed by atoms with Crippen LogP contribution in [0.2, 0.25) is 0 Å². The first kappa shape index (κ1) is 27.2. The Hall–Kier alpha value is -3.81. The minimum Gasteiger partial charge on any atom is -0.495 e.